The summed E-state index contributed by atoms with van der Waals surface area (Å²) >= 11 is 0. The van der Waals surface area contributed by atoms with Gasteiger partial charge >= 0.3 is 6.18 Å². The fraction of sp³-hybridized carbons (Fsp3) is 0.200. The first-order valence-electron chi connectivity index (χ1n) is 8.67. The number of halogens is 3. The number of nitrogens with zero attached hydrogens (tertiary/aromatic N) is 2. The van der Waals surface area contributed by atoms with Crippen molar-refractivity contribution in [2.45, 2.75) is 23.7 Å². The molecule has 4 rings (SSSR count). The monoisotopic (exact) mass is 406 g/mol. The molecule has 3 aromatic rings. The molecule has 146 valence electrons. The van der Waals surface area contributed by atoms with E-state index >= 15 is 0 Å². The topological polar surface area (TPSA) is 42.3 Å². The average molecular weight is 406 g/mol. The molecule has 0 saturated heterocycles. The summed E-state index contributed by atoms with van der Waals surface area (Å²) in [5.74, 6) is 0. The number of benzene rings is 2. The van der Waals surface area contributed by atoms with Gasteiger partial charge in [-0.15, -0.1) is 0 Å². The summed E-state index contributed by atoms with van der Waals surface area (Å²) in [6.07, 6.45) is -2.74. The SMILES string of the molecule is O=S(=O)(c1cccc(C(F)(F)F)c1)N1CCn2cccc2[C@H]1c1ccccc1. The molecule has 0 fully saturated rings. The Bertz CT molecular complexity index is 1090. The molecule has 1 aliphatic heterocycles. The van der Waals surface area contributed by atoms with Gasteiger partial charge in [-0.25, -0.2) is 8.42 Å². The standard InChI is InChI=1S/C20H17F3N2O2S/c21-20(22,23)16-8-4-9-17(14-16)28(26,27)25-13-12-24-11-5-10-18(24)19(25)15-6-2-1-3-7-15/h1-11,14,19H,12-13H2/t19-/m1/s1. The van der Waals surface area contributed by atoms with E-state index < -0.39 is 27.8 Å². The fourth-order valence-electron chi connectivity index (χ4n) is 3.56. The Morgan fingerprint density at radius 3 is 2.36 bits per heavy atom. The second-order valence-corrected chi connectivity index (χ2v) is 8.47. The lowest BCUT2D eigenvalue weighted by atomic mass is 10.0. The highest BCUT2D eigenvalue weighted by Crippen LogP contribution is 2.37. The molecule has 0 radical (unpaired) electrons. The Morgan fingerprint density at radius 2 is 1.64 bits per heavy atom. The van der Waals surface area contributed by atoms with Crippen LogP contribution in [0.1, 0.15) is 22.9 Å². The maximum atomic E-state index is 13.3. The van der Waals surface area contributed by atoms with Crippen LogP contribution in [0.2, 0.25) is 0 Å². The van der Waals surface area contributed by atoms with Crippen molar-refractivity contribution in [3.63, 3.8) is 0 Å². The summed E-state index contributed by atoms with van der Waals surface area (Å²) in [5.41, 5.74) is 0.566. The quantitative estimate of drug-likeness (QED) is 0.651. The summed E-state index contributed by atoms with van der Waals surface area (Å²) in [5, 5.41) is 0. The van der Waals surface area contributed by atoms with Gasteiger partial charge in [0.1, 0.15) is 0 Å². The van der Waals surface area contributed by atoms with Gasteiger partial charge in [0.15, 0.2) is 0 Å². The maximum absolute atomic E-state index is 13.3. The normalized spacial score (nSPS) is 18.0. The van der Waals surface area contributed by atoms with Crippen LogP contribution in [0.3, 0.4) is 0 Å². The molecule has 1 aromatic heterocycles. The number of hydrogen-bond acceptors (Lipinski definition) is 2. The number of hydrogen-bond donors (Lipinski definition) is 0. The molecule has 0 saturated carbocycles. The van der Waals surface area contributed by atoms with E-state index in [0.29, 0.717) is 12.6 Å². The number of fused-ring (bicyclic) bond motifs is 1. The van der Waals surface area contributed by atoms with E-state index in [1.165, 1.54) is 10.4 Å². The van der Waals surface area contributed by atoms with E-state index in [2.05, 4.69) is 0 Å². The first-order valence-corrected chi connectivity index (χ1v) is 10.1. The zero-order valence-electron chi connectivity index (χ0n) is 14.7. The van der Waals surface area contributed by atoms with Crippen molar-refractivity contribution in [1.82, 2.24) is 8.87 Å². The van der Waals surface area contributed by atoms with Crippen molar-refractivity contribution in [3.05, 3.63) is 89.7 Å². The molecule has 1 aliphatic rings. The van der Waals surface area contributed by atoms with Crippen LogP contribution >= 0.6 is 0 Å². The van der Waals surface area contributed by atoms with E-state index in [1.54, 1.807) is 0 Å². The Hall–Kier alpha value is -2.58. The Kier molecular flexibility index (Phi) is 4.55. The number of sulfonamides is 1. The van der Waals surface area contributed by atoms with E-state index in [4.69, 9.17) is 0 Å². The Labute approximate surface area is 160 Å². The predicted molar refractivity (Wildman–Crippen MR) is 98.1 cm³/mol. The molecule has 1 atom stereocenters. The Morgan fingerprint density at radius 1 is 0.893 bits per heavy atom. The average Bonchev–Trinajstić information content (AvgIpc) is 3.16. The van der Waals surface area contributed by atoms with Gasteiger partial charge in [-0.2, -0.15) is 17.5 Å². The molecule has 0 bridgehead atoms. The van der Waals surface area contributed by atoms with E-state index in [0.717, 1.165) is 23.4 Å². The van der Waals surface area contributed by atoms with Gasteiger partial charge in [0.25, 0.3) is 0 Å². The molecule has 2 heterocycles. The van der Waals surface area contributed by atoms with Crippen molar-refractivity contribution in [2.24, 2.45) is 0 Å². The van der Waals surface area contributed by atoms with Crippen LogP contribution in [0.25, 0.3) is 0 Å². The second kappa shape index (κ2) is 6.79. The smallest absolute Gasteiger partial charge is 0.348 e. The van der Waals surface area contributed by atoms with Crippen molar-refractivity contribution in [1.29, 1.82) is 0 Å². The predicted octanol–water partition coefficient (Wildman–Crippen LogP) is 4.30. The van der Waals surface area contributed by atoms with Gasteiger partial charge in [-0.3, -0.25) is 0 Å². The highest BCUT2D eigenvalue weighted by atomic mass is 32.2. The minimum atomic E-state index is -4.61. The van der Waals surface area contributed by atoms with Crippen molar-refractivity contribution >= 4 is 10.0 Å². The van der Waals surface area contributed by atoms with Gasteiger partial charge < -0.3 is 4.57 Å². The van der Waals surface area contributed by atoms with E-state index in [-0.39, 0.29) is 11.4 Å². The molecule has 4 nitrogen and oxygen atoms in total. The molecule has 8 heteroatoms. The first-order chi connectivity index (χ1) is 13.3. The third-order valence-electron chi connectivity index (χ3n) is 4.88. The van der Waals surface area contributed by atoms with Crippen LogP contribution in [0, 0.1) is 0 Å². The second-order valence-electron chi connectivity index (χ2n) is 6.58. The molecular weight excluding hydrogens is 389 g/mol. The van der Waals surface area contributed by atoms with Gasteiger partial charge in [0, 0.05) is 25.0 Å². The lowest BCUT2D eigenvalue weighted by molar-refractivity contribution is -0.137. The third kappa shape index (κ3) is 3.22. The van der Waals surface area contributed by atoms with Gasteiger partial charge in [0.2, 0.25) is 10.0 Å². The maximum Gasteiger partial charge on any atom is 0.416 e. The van der Waals surface area contributed by atoms with Crippen LogP contribution in [0.4, 0.5) is 13.2 Å². The van der Waals surface area contributed by atoms with Crippen LogP contribution in [-0.4, -0.2) is 23.8 Å². The molecule has 0 aliphatic carbocycles. The van der Waals surface area contributed by atoms with Crippen molar-refractivity contribution in [2.75, 3.05) is 6.54 Å². The molecule has 28 heavy (non-hydrogen) atoms. The number of alkyl halides is 3. The lowest BCUT2D eigenvalue weighted by Gasteiger charge is -2.36. The van der Waals surface area contributed by atoms with Crippen LogP contribution < -0.4 is 0 Å². The molecule has 0 N–H and O–H groups in total. The summed E-state index contributed by atoms with van der Waals surface area (Å²) in [6, 6.07) is 16.1. The van der Waals surface area contributed by atoms with E-state index in [1.807, 2.05) is 53.2 Å². The van der Waals surface area contributed by atoms with Crippen molar-refractivity contribution < 1.29 is 21.6 Å². The molecule has 0 amide bonds. The van der Waals surface area contributed by atoms with Crippen LogP contribution in [0.5, 0.6) is 0 Å². The Balaban J connectivity index is 1.83. The molecular formula is C20H17F3N2O2S. The number of aromatic nitrogens is 1. The fourth-order valence-corrected chi connectivity index (χ4v) is 5.19. The summed E-state index contributed by atoms with van der Waals surface area (Å²) < 4.78 is 69.2. The van der Waals surface area contributed by atoms with Gasteiger partial charge in [-0.1, -0.05) is 36.4 Å². The minimum absolute atomic E-state index is 0.166. The largest absolute Gasteiger partial charge is 0.416 e. The molecule has 0 unspecified atom stereocenters. The lowest BCUT2D eigenvalue weighted by Crippen LogP contribution is -2.42. The zero-order chi connectivity index (χ0) is 19.9. The van der Waals surface area contributed by atoms with Crippen LogP contribution in [0.15, 0.2) is 77.8 Å². The number of rotatable bonds is 3. The summed E-state index contributed by atoms with van der Waals surface area (Å²) in [4.78, 5) is -0.358. The summed E-state index contributed by atoms with van der Waals surface area (Å²) in [7, 11) is -4.14. The van der Waals surface area contributed by atoms with E-state index in [9.17, 15) is 21.6 Å². The van der Waals surface area contributed by atoms with Gasteiger partial charge in [-0.05, 0) is 35.9 Å². The zero-order valence-corrected chi connectivity index (χ0v) is 15.5. The van der Waals surface area contributed by atoms with Crippen LogP contribution in [-0.2, 0) is 22.7 Å². The molecule has 0 spiro atoms. The van der Waals surface area contributed by atoms with Gasteiger partial charge in [0.05, 0.1) is 16.5 Å². The molecule has 2 aromatic carbocycles. The minimum Gasteiger partial charge on any atom is -0.348 e. The first kappa shape index (κ1) is 18.8. The third-order valence-corrected chi connectivity index (χ3v) is 6.74. The highest BCUT2D eigenvalue weighted by molar-refractivity contribution is 7.89. The van der Waals surface area contributed by atoms with Crippen molar-refractivity contribution in [3.8, 4) is 0 Å². The summed E-state index contributed by atoms with van der Waals surface area (Å²) in [6.45, 7) is 0.601. The highest BCUT2D eigenvalue weighted by Gasteiger charge is 2.39.